The lowest BCUT2D eigenvalue weighted by atomic mass is 9.96. The number of nitrogens with zero attached hydrogens (tertiary/aromatic N) is 9. The Kier molecular flexibility index (Phi) is 13.7. The van der Waals surface area contributed by atoms with Crippen molar-refractivity contribution in [1.29, 1.82) is 21.0 Å². The molecule has 0 aliphatic rings. The first-order chi connectivity index (χ1) is 45.1. The standard InChI is InChI=1S/C80H44F3N9/c81-80(82,83)60-32-38-75(91-71-34-28-51(61-23-11-7-19-56(61)45-84)39-66(71)67-40-52(29-35-72(67)91)62-24-12-8-20-57(62)46-85)70(44-60)65-33-27-55(79-89-77(49-15-3-1-4-16-49)88-78(90-79)50-17-5-2-6-18-50)43-76(65)92-73-36-30-53(63-25-13-9-21-58(63)47-86)41-68(73)69-42-54(31-37-74(69)92)64-26-14-10-22-59(64)48-87/h1-44H. The summed E-state index contributed by atoms with van der Waals surface area (Å²) >= 11 is 0. The Morgan fingerprint density at radius 3 is 0.957 bits per heavy atom. The Morgan fingerprint density at radius 1 is 0.272 bits per heavy atom. The second-order valence-corrected chi connectivity index (χ2v) is 22.2. The third-order valence-corrected chi connectivity index (χ3v) is 17.0. The van der Waals surface area contributed by atoms with Gasteiger partial charge in [-0.05, 0) is 142 Å². The van der Waals surface area contributed by atoms with E-state index in [2.05, 4.69) is 28.8 Å². The van der Waals surface area contributed by atoms with Crippen molar-refractivity contribution in [2.45, 2.75) is 6.18 Å². The molecule has 92 heavy (non-hydrogen) atoms. The Hall–Kier alpha value is -13.0. The number of halogens is 3. The van der Waals surface area contributed by atoms with Crippen LogP contribution < -0.4 is 0 Å². The molecule has 3 aromatic heterocycles. The van der Waals surface area contributed by atoms with Gasteiger partial charge in [-0.15, -0.1) is 0 Å². The molecule has 9 nitrogen and oxygen atoms in total. The highest BCUT2D eigenvalue weighted by Gasteiger charge is 2.33. The van der Waals surface area contributed by atoms with E-state index in [1.54, 1.807) is 24.3 Å². The van der Waals surface area contributed by atoms with Crippen molar-refractivity contribution >= 4 is 43.6 Å². The zero-order valence-electron chi connectivity index (χ0n) is 48.6. The molecule has 0 aliphatic heterocycles. The van der Waals surface area contributed by atoms with Crippen LogP contribution >= 0.6 is 0 Å². The van der Waals surface area contributed by atoms with E-state index in [1.807, 2.05) is 229 Å². The molecule has 0 spiro atoms. The number of hydrogen-bond acceptors (Lipinski definition) is 7. The summed E-state index contributed by atoms with van der Waals surface area (Å²) in [6.07, 6.45) is -4.79. The highest BCUT2D eigenvalue weighted by Crippen LogP contribution is 2.47. The van der Waals surface area contributed by atoms with Crippen molar-refractivity contribution in [3.05, 3.63) is 295 Å². The van der Waals surface area contributed by atoms with Gasteiger partial charge in [-0.1, -0.05) is 170 Å². The summed E-state index contributed by atoms with van der Waals surface area (Å²) in [6.45, 7) is 0. The molecule has 0 fully saturated rings. The van der Waals surface area contributed by atoms with E-state index in [0.29, 0.717) is 107 Å². The van der Waals surface area contributed by atoms with E-state index >= 15 is 13.2 Å². The van der Waals surface area contributed by atoms with Crippen LogP contribution in [-0.2, 0) is 6.18 Å². The van der Waals surface area contributed by atoms with Crippen LogP contribution in [0.2, 0.25) is 0 Å². The van der Waals surface area contributed by atoms with Crippen LogP contribution in [0.1, 0.15) is 27.8 Å². The first kappa shape index (κ1) is 55.6. The van der Waals surface area contributed by atoms with Crippen LogP contribution in [0.25, 0.3) is 145 Å². The maximum atomic E-state index is 15.8. The van der Waals surface area contributed by atoms with Crippen LogP contribution in [0.3, 0.4) is 0 Å². The predicted molar refractivity (Wildman–Crippen MR) is 356 cm³/mol. The van der Waals surface area contributed by atoms with E-state index in [1.165, 1.54) is 12.1 Å². The summed E-state index contributed by atoms with van der Waals surface area (Å²) in [7, 11) is 0. The van der Waals surface area contributed by atoms with Gasteiger partial charge < -0.3 is 9.13 Å². The number of alkyl halides is 3. The normalized spacial score (nSPS) is 11.4. The van der Waals surface area contributed by atoms with Crippen LogP contribution in [0.4, 0.5) is 13.2 Å². The SMILES string of the molecule is N#Cc1ccccc1-c1ccc2c(c1)c1cc(-c3ccccc3C#N)ccc1n2-c1ccc(C(F)(F)F)cc1-c1ccc(-c2nc(-c3ccccc3)nc(-c3ccccc3)n2)cc1-n1c2ccc(-c3ccccc3C#N)cc2c2cc(-c3ccccc3C#N)ccc21. The van der Waals surface area contributed by atoms with Crippen LogP contribution in [0, 0.1) is 45.3 Å². The average molecular weight is 1190 g/mol. The van der Waals surface area contributed by atoms with Gasteiger partial charge >= 0.3 is 6.18 Å². The van der Waals surface area contributed by atoms with E-state index in [4.69, 9.17) is 15.0 Å². The zero-order valence-corrected chi connectivity index (χ0v) is 48.6. The minimum Gasteiger partial charge on any atom is -0.309 e. The number of fused-ring (bicyclic) bond motifs is 6. The number of hydrogen-bond donors (Lipinski definition) is 0. The van der Waals surface area contributed by atoms with E-state index in [9.17, 15) is 21.0 Å². The molecule has 3 heterocycles. The summed E-state index contributed by atoms with van der Waals surface area (Å²) < 4.78 is 51.4. The third-order valence-electron chi connectivity index (χ3n) is 17.0. The summed E-state index contributed by atoms with van der Waals surface area (Å²) in [4.78, 5) is 15.3. The molecule has 0 N–H and O–H groups in total. The van der Waals surface area contributed by atoms with Gasteiger partial charge in [0.1, 0.15) is 0 Å². The molecule has 12 heteroatoms. The summed E-state index contributed by atoms with van der Waals surface area (Å²) in [5, 5.41) is 44.5. The van der Waals surface area contributed by atoms with Crippen LogP contribution in [0.5, 0.6) is 0 Å². The van der Waals surface area contributed by atoms with Crippen molar-refractivity contribution < 1.29 is 13.2 Å². The molecule has 0 amide bonds. The number of aromatic nitrogens is 5. The maximum absolute atomic E-state index is 15.8. The Labute approximate surface area is 525 Å². The molecule has 12 aromatic carbocycles. The minimum absolute atomic E-state index is 0.234. The van der Waals surface area contributed by atoms with Crippen molar-refractivity contribution in [3.8, 4) is 125 Å². The fraction of sp³-hybridized carbons (Fsp3) is 0.0125. The Morgan fingerprint density at radius 2 is 0.598 bits per heavy atom. The van der Waals surface area contributed by atoms with E-state index in [0.717, 1.165) is 61.0 Å². The van der Waals surface area contributed by atoms with Gasteiger partial charge in [-0.25, -0.2) is 15.0 Å². The molecule has 0 unspecified atom stereocenters. The summed E-state index contributed by atoms with van der Waals surface area (Å²) in [6, 6.07) is 91.2. The molecule has 15 rings (SSSR count). The topological polar surface area (TPSA) is 144 Å². The van der Waals surface area contributed by atoms with Gasteiger partial charge in [-0.2, -0.15) is 34.2 Å². The van der Waals surface area contributed by atoms with E-state index in [-0.39, 0.29) is 5.56 Å². The average Bonchev–Trinajstić information content (AvgIpc) is 1.56. The zero-order chi connectivity index (χ0) is 62.6. The molecule has 0 bridgehead atoms. The fourth-order valence-corrected chi connectivity index (χ4v) is 12.7. The lowest BCUT2D eigenvalue weighted by Gasteiger charge is -2.21. The van der Waals surface area contributed by atoms with Gasteiger partial charge in [0, 0.05) is 49.4 Å². The molecule has 15 aromatic rings. The third kappa shape index (κ3) is 9.62. The molecule has 0 saturated carbocycles. The van der Waals surface area contributed by atoms with Gasteiger partial charge in [-0.3, -0.25) is 0 Å². The summed E-state index contributed by atoms with van der Waals surface area (Å²) in [5.74, 6) is 1.14. The minimum atomic E-state index is -4.79. The predicted octanol–water partition coefficient (Wildman–Crippen LogP) is 19.9. The Bertz CT molecular complexity index is 5410. The van der Waals surface area contributed by atoms with Gasteiger partial charge in [0.05, 0.1) is 85.5 Å². The van der Waals surface area contributed by atoms with E-state index < -0.39 is 11.7 Å². The molecular formula is C80H44F3N9. The molecule has 430 valence electrons. The number of rotatable bonds is 10. The van der Waals surface area contributed by atoms with Gasteiger partial charge in [0.15, 0.2) is 17.5 Å². The molecule has 0 radical (unpaired) electrons. The summed E-state index contributed by atoms with van der Waals surface area (Å²) in [5.41, 5.74) is 13.2. The monoisotopic (exact) mass is 1190 g/mol. The second-order valence-electron chi connectivity index (χ2n) is 22.2. The molecule has 0 aliphatic carbocycles. The highest BCUT2D eigenvalue weighted by molar-refractivity contribution is 6.14. The first-order valence-corrected chi connectivity index (χ1v) is 29.5. The Balaban J connectivity index is 1.06. The quantitative estimate of drug-likeness (QED) is 0.133. The molecular weight excluding hydrogens is 1140 g/mol. The molecule has 0 atom stereocenters. The highest BCUT2D eigenvalue weighted by atomic mass is 19.4. The van der Waals surface area contributed by atoms with Crippen molar-refractivity contribution in [1.82, 2.24) is 24.1 Å². The van der Waals surface area contributed by atoms with Gasteiger partial charge in [0.25, 0.3) is 0 Å². The lowest BCUT2D eigenvalue weighted by Crippen LogP contribution is -2.08. The second kappa shape index (κ2) is 22.6. The van der Waals surface area contributed by atoms with Crippen molar-refractivity contribution in [3.63, 3.8) is 0 Å². The molecule has 0 saturated heterocycles. The number of benzene rings is 12. The van der Waals surface area contributed by atoms with Crippen LogP contribution in [-0.4, -0.2) is 24.1 Å². The lowest BCUT2D eigenvalue weighted by molar-refractivity contribution is -0.137. The van der Waals surface area contributed by atoms with Crippen molar-refractivity contribution in [2.24, 2.45) is 0 Å². The maximum Gasteiger partial charge on any atom is 0.416 e. The largest absolute Gasteiger partial charge is 0.416 e. The van der Waals surface area contributed by atoms with Gasteiger partial charge in [0.2, 0.25) is 0 Å². The van der Waals surface area contributed by atoms with Crippen LogP contribution in [0.15, 0.2) is 267 Å². The fourth-order valence-electron chi connectivity index (χ4n) is 12.7. The number of nitriles is 4. The first-order valence-electron chi connectivity index (χ1n) is 29.5. The smallest absolute Gasteiger partial charge is 0.309 e. The van der Waals surface area contributed by atoms with Crippen molar-refractivity contribution in [2.75, 3.05) is 0 Å².